The van der Waals surface area contributed by atoms with E-state index in [9.17, 15) is 4.79 Å². The van der Waals surface area contributed by atoms with Crippen molar-refractivity contribution in [3.05, 3.63) is 29.8 Å². The number of aromatic nitrogens is 2. The Balaban J connectivity index is 1.51. The molecule has 134 valence electrons. The van der Waals surface area contributed by atoms with Crippen LogP contribution >= 0.6 is 23.1 Å². The third-order valence-electron chi connectivity index (χ3n) is 4.25. The number of hydrogen-bond acceptors (Lipinski definition) is 6. The van der Waals surface area contributed by atoms with Crippen LogP contribution in [0.15, 0.2) is 28.6 Å². The summed E-state index contributed by atoms with van der Waals surface area (Å²) in [6, 6.07) is 8.15. The number of anilines is 2. The molecule has 2 heterocycles. The molecule has 0 spiro atoms. The number of thioether (sulfide) groups is 1. The van der Waals surface area contributed by atoms with Crippen LogP contribution < -0.4 is 5.32 Å². The molecule has 1 aromatic heterocycles. The predicted octanol–water partition coefficient (Wildman–Crippen LogP) is 4.19. The number of likely N-dealkylation sites (tertiary alicyclic amines) is 1. The third kappa shape index (κ3) is 5.19. The molecule has 25 heavy (non-hydrogen) atoms. The van der Waals surface area contributed by atoms with Crippen molar-refractivity contribution in [2.45, 2.75) is 31.5 Å². The van der Waals surface area contributed by atoms with Crippen LogP contribution in [0.4, 0.5) is 10.8 Å². The van der Waals surface area contributed by atoms with Crippen LogP contribution in [0.2, 0.25) is 0 Å². The highest BCUT2D eigenvalue weighted by Crippen LogP contribution is 2.28. The number of aryl methyl sites for hydroxylation is 1. The van der Waals surface area contributed by atoms with E-state index in [2.05, 4.69) is 48.4 Å². The predicted molar refractivity (Wildman–Crippen MR) is 105 cm³/mol. The smallest absolute Gasteiger partial charge is 0.233 e. The van der Waals surface area contributed by atoms with E-state index in [-0.39, 0.29) is 5.91 Å². The van der Waals surface area contributed by atoms with Crippen molar-refractivity contribution in [3.63, 3.8) is 0 Å². The number of benzene rings is 1. The molecular weight excluding hydrogens is 352 g/mol. The van der Waals surface area contributed by atoms with E-state index in [1.807, 2.05) is 17.0 Å². The van der Waals surface area contributed by atoms with Crippen molar-refractivity contribution in [1.29, 1.82) is 0 Å². The second kappa shape index (κ2) is 8.19. The van der Waals surface area contributed by atoms with Crippen LogP contribution in [0, 0.1) is 18.8 Å². The van der Waals surface area contributed by atoms with Crippen LogP contribution in [0.25, 0.3) is 0 Å². The Morgan fingerprint density at radius 3 is 2.60 bits per heavy atom. The molecule has 2 atom stereocenters. The van der Waals surface area contributed by atoms with Gasteiger partial charge in [0.25, 0.3) is 0 Å². The Bertz CT molecular complexity index is 706. The van der Waals surface area contributed by atoms with Crippen molar-refractivity contribution in [2.75, 3.05) is 24.2 Å². The van der Waals surface area contributed by atoms with E-state index < -0.39 is 0 Å². The lowest BCUT2D eigenvalue weighted by atomic mass is 9.92. The van der Waals surface area contributed by atoms with E-state index >= 15 is 0 Å². The average Bonchev–Trinajstić information content (AvgIpc) is 3.01. The van der Waals surface area contributed by atoms with Gasteiger partial charge in [-0.25, -0.2) is 0 Å². The van der Waals surface area contributed by atoms with Gasteiger partial charge in [0, 0.05) is 18.8 Å². The molecule has 1 saturated heterocycles. The quantitative estimate of drug-likeness (QED) is 0.793. The van der Waals surface area contributed by atoms with Crippen molar-refractivity contribution >= 4 is 39.8 Å². The molecule has 1 aromatic carbocycles. The molecule has 1 N–H and O–H groups in total. The minimum Gasteiger partial charge on any atom is -0.341 e. The van der Waals surface area contributed by atoms with Gasteiger partial charge in [0.05, 0.1) is 5.75 Å². The molecule has 0 saturated carbocycles. The maximum absolute atomic E-state index is 12.4. The van der Waals surface area contributed by atoms with Crippen molar-refractivity contribution in [3.8, 4) is 0 Å². The maximum Gasteiger partial charge on any atom is 0.233 e. The standard InChI is InChI=1S/C18H24N4OS2/c1-12-4-6-15(7-5-12)19-17-20-21-18(25-17)24-11-16(23)22-9-13(2)8-14(3)10-22/h4-7,13-14H,8-11H2,1-3H3,(H,19,20)/t13-,14+. The van der Waals surface area contributed by atoms with Crippen LogP contribution in [0.3, 0.4) is 0 Å². The monoisotopic (exact) mass is 376 g/mol. The molecule has 1 aliphatic heterocycles. The number of carbonyl (C=O) groups excluding carboxylic acids is 1. The van der Waals surface area contributed by atoms with Crippen molar-refractivity contribution < 1.29 is 4.79 Å². The molecule has 5 nitrogen and oxygen atoms in total. The van der Waals surface area contributed by atoms with E-state index in [1.165, 1.54) is 35.1 Å². The first-order valence-corrected chi connectivity index (χ1v) is 10.4. The van der Waals surface area contributed by atoms with E-state index in [1.54, 1.807) is 0 Å². The largest absolute Gasteiger partial charge is 0.341 e. The van der Waals surface area contributed by atoms with Gasteiger partial charge in [-0.2, -0.15) is 0 Å². The zero-order valence-electron chi connectivity index (χ0n) is 14.9. The lowest BCUT2D eigenvalue weighted by Gasteiger charge is -2.34. The first-order valence-electron chi connectivity index (χ1n) is 8.57. The van der Waals surface area contributed by atoms with E-state index in [4.69, 9.17) is 0 Å². The van der Waals surface area contributed by atoms with E-state index in [0.29, 0.717) is 17.6 Å². The van der Waals surface area contributed by atoms with Gasteiger partial charge in [-0.3, -0.25) is 4.79 Å². The van der Waals surface area contributed by atoms with Crippen LogP contribution in [-0.4, -0.2) is 39.8 Å². The summed E-state index contributed by atoms with van der Waals surface area (Å²) in [7, 11) is 0. The number of amides is 1. The second-order valence-electron chi connectivity index (χ2n) is 6.90. The molecule has 0 unspecified atom stereocenters. The zero-order valence-corrected chi connectivity index (χ0v) is 16.5. The van der Waals surface area contributed by atoms with Gasteiger partial charge in [-0.1, -0.05) is 54.6 Å². The zero-order chi connectivity index (χ0) is 17.8. The number of piperidine rings is 1. The molecule has 0 aliphatic carbocycles. The Morgan fingerprint density at radius 1 is 1.24 bits per heavy atom. The third-order valence-corrected chi connectivity index (χ3v) is 6.21. The van der Waals surface area contributed by atoms with Crippen molar-refractivity contribution in [1.82, 2.24) is 15.1 Å². The average molecular weight is 377 g/mol. The normalized spacial score (nSPS) is 20.5. The lowest BCUT2D eigenvalue weighted by Crippen LogP contribution is -2.43. The summed E-state index contributed by atoms with van der Waals surface area (Å²) < 4.78 is 0.820. The molecule has 1 aliphatic rings. The molecule has 0 bridgehead atoms. The number of rotatable bonds is 5. The molecule has 2 aromatic rings. The topological polar surface area (TPSA) is 58.1 Å². The maximum atomic E-state index is 12.4. The fourth-order valence-electron chi connectivity index (χ4n) is 3.16. The highest BCUT2D eigenvalue weighted by Gasteiger charge is 2.25. The molecular formula is C18H24N4OS2. The first kappa shape index (κ1) is 18.2. The minimum absolute atomic E-state index is 0.201. The van der Waals surface area contributed by atoms with Crippen LogP contribution in [-0.2, 0) is 4.79 Å². The van der Waals surface area contributed by atoms with Crippen molar-refractivity contribution in [2.24, 2.45) is 11.8 Å². The van der Waals surface area contributed by atoms with Crippen LogP contribution in [0.1, 0.15) is 25.8 Å². The molecule has 1 amide bonds. The molecule has 1 fully saturated rings. The van der Waals surface area contributed by atoms with Gasteiger partial charge in [0.2, 0.25) is 11.0 Å². The van der Waals surface area contributed by atoms with Gasteiger partial charge < -0.3 is 10.2 Å². The van der Waals surface area contributed by atoms with E-state index in [0.717, 1.165) is 28.2 Å². The second-order valence-corrected chi connectivity index (χ2v) is 9.10. The summed E-state index contributed by atoms with van der Waals surface area (Å²) in [5.74, 6) is 1.80. The minimum atomic E-state index is 0.201. The number of nitrogens with one attached hydrogen (secondary N) is 1. The summed E-state index contributed by atoms with van der Waals surface area (Å²) in [5.41, 5.74) is 2.21. The summed E-state index contributed by atoms with van der Waals surface area (Å²) in [6.45, 7) is 8.25. The van der Waals surface area contributed by atoms with Gasteiger partial charge in [0.15, 0.2) is 4.34 Å². The highest BCUT2D eigenvalue weighted by atomic mass is 32.2. The highest BCUT2D eigenvalue weighted by molar-refractivity contribution is 8.01. The summed E-state index contributed by atoms with van der Waals surface area (Å²) in [6.07, 6.45) is 1.21. The fraction of sp³-hybridized carbons (Fsp3) is 0.500. The summed E-state index contributed by atoms with van der Waals surface area (Å²) in [5, 5.41) is 12.3. The number of hydrogen-bond donors (Lipinski definition) is 1. The fourth-order valence-corrected chi connectivity index (χ4v) is 4.84. The Labute approximate surface area is 157 Å². The van der Waals surface area contributed by atoms with Gasteiger partial charge in [-0.05, 0) is 37.3 Å². The lowest BCUT2D eigenvalue weighted by molar-refractivity contribution is -0.130. The van der Waals surface area contributed by atoms with Crippen LogP contribution in [0.5, 0.6) is 0 Å². The summed E-state index contributed by atoms with van der Waals surface area (Å²) in [4.78, 5) is 14.4. The Kier molecular flexibility index (Phi) is 5.96. The van der Waals surface area contributed by atoms with Gasteiger partial charge in [0.1, 0.15) is 0 Å². The molecule has 0 radical (unpaired) electrons. The molecule has 3 rings (SSSR count). The number of nitrogens with zero attached hydrogens (tertiary/aromatic N) is 3. The summed E-state index contributed by atoms with van der Waals surface area (Å²) >= 11 is 2.95. The number of carbonyl (C=O) groups is 1. The Hall–Kier alpha value is -1.60. The SMILES string of the molecule is Cc1ccc(Nc2nnc(SCC(=O)N3C[C@H](C)C[C@H](C)C3)s2)cc1. The Morgan fingerprint density at radius 2 is 1.92 bits per heavy atom. The molecule has 7 heteroatoms. The first-order chi connectivity index (χ1) is 12.0. The van der Waals surface area contributed by atoms with Gasteiger partial charge in [-0.15, -0.1) is 10.2 Å². The van der Waals surface area contributed by atoms with Gasteiger partial charge >= 0.3 is 0 Å².